The fourth-order valence-corrected chi connectivity index (χ4v) is 3.88. The van der Waals surface area contributed by atoms with Gasteiger partial charge < -0.3 is 4.74 Å². The van der Waals surface area contributed by atoms with Crippen LogP contribution in [-0.4, -0.2) is 132 Å². The molecule has 0 aliphatic carbocycles. The Labute approximate surface area is 278 Å². The molecule has 2 N–H and O–H groups in total. The summed E-state index contributed by atoms with van der Waals surface area (Å²) in [6.45, 7) is 12.6. The van der Waals surface area contributed by atoms with E-state index in [1.165, 1.54) is 9.80 Å². The van der Waals surface area contributed by atoms with E-state index in [1.54, 1.807) is 23.5 Å². The number of rotatable bonds is 8. The van der Waals surface area contributed by atoms with Crippen LogP contribution in [0, 0.1) is 0 Å². The minimum absolute atomic E-state index is 0.0394. The van der Waals surface area contributed by atoms with Crippen LogP contribution in [0.3, 0.4) is 0 Å². The van der Waals surface area contributed by atoms with Gasteiger partial charge in [-0.05, 0) is 67.4 Å². The standard InChI is InChI=1S/2C8H13NO2.C4H11NOS.C4H11NOSe.C2H6S.C2H6Se/c2*1-8(2,3)9-6(10)4-5-7(9)11;2*1-5-3-6-4-7-2;2*1-3-2/h2*4-5H2,1-3H3;2*5H,3-4H2,1-2H3;2*1-2H3. The summed E-state index contributed by atoms with van der Waals surface area (Å²) in [5.41, 5.74) is 0.239. The Morgan fingerprint density at radius 3 is 1.17 bits per heavy atom. The third-order valence-electron chi connectivity index (χ3n) is 4.34. The molecular formula is C28H60N4O6S2Se2. The molecule has 0 bridgehead atoms. The van der Waals surface area contributed by atoms with E-state index in [0.717, 1.165) is 26.4 Å². The number of hydrogen-bond donors (Lipinski definition) is 2. The van der Waals surface area contributed by atoms with E-state index in [0.29, 0.717) is 54.1 Å². The summed E-state index contributed by atoms with van der Waals surface area (Å²) in [5, 5.41) is 5.76. The van der Waals surface area contributed by atoms with Crippen molar-refractivity contribution in [3.63, 3.8) is 0 Å². The first-order valence-electron chi connectivity index (χ1n) is 13.5. The molecule has 14 heteroatoms. The Balaban J connectivity index is -0.000000219. The van der Waals surface area contributed by atoms with Gasteiger partial charge in [0.15, 0.2) is 0 Å². The van der Waals surface area contributed by atoms with Crippen LogP contribution in [0.5, 0.6) is 0 Å². The van der Waals surface area contributed by atoms with Crippen molar-refractivity contribution < 1.29 is 28.7 Å². The van der Waals surface area contributed by atoms with Crippen LogP contribution in [0.25, 0.3) is 0 Å². The van der Waals surface area contributed by atoms with Gasteiger partial charge in [-0.2, -0.15) is 11.8 Å². The molecule has 0 radical (unpaired) electrons. The summed E-state index contributed by atoms with van der Waals surface area (Å²) in [7, 11) is 3.74. The predicted molar refractivity (Wildman–Crippen MR) is 183 cm³/mol. The molecular weight excluding hydrogens is 710 g/mol. The molecule has 2 aliphatic rings. The van der Waals surface area contributed by atoms with Crippen molar-refractivity contribution in [1.82, 2.24) is 20.4 Å². The number of nitrogens with zero attached hydrogens (tertiary/aromatic N) is 2. The summed E-state index contributed by atoms with van der Waals surface area (Å²) >= 11 is 4.97. The van der Waals surface area contributed by atoms with Crippen LogP contribution in [0.15, 0.2) is 0 Å². The Bertz CT molecular complexity index is 611. The average molecular weight is 771 g/mol. The van der Waals surface area contributed by atoms with Crippen LogP contribution >= 0.6 is 23.5 Å². The summed E-state index contributed by atoms with van der Waals surface area (Å²) in [5.74, 6) is 7.15. The number of thioether (sulfide) groups is 2. The molecule has 252 valence electrons. The number of carbonyl (C=O) groups is 4. The zero-order valence-electron chi connectivity index (χ0n) is 28.6. The first-order chi connectivity index (χ1) is 19.5. The molecule has 2 rings (SSSR count). The minimum atomic E-state index is -0.343. The van der Waals surface area contributed by atoms with E-state index < -0.39 is 0 Å². The topological polar surface area (TPSA) is 117 Å². The van der Waals surface area contributed by atoms with Crippen LogP contribution in [0.1, 0.15) is 67.2 Å². The fraction of sp³-hybridized carbons (Fsp3) is 0.857. The summed E-state index contributed by atoms with van der Waals surface area (Å²) in [4.78, 5) is 47.3. The zero-order chi connectivity index (χ0) is 33.8. The molecule has 0 aromatic carbocycles. The summed E-state index contributed by atoms with van der Waals surface area (Å²) in [6, 6.07) is 0. The molecule has 2 aliphatic heterocycles. The van der Waals surface area contributed by atoms with Gasteiger partial charge in [0.1, 0.15) is 0 Å². The Morgan fingerprint density at radius 1 is 0.690 bits per heavy atom. The number of amides is 4. The van der Waals surface area contributed by atoms with Gasteiger partial charge in [-0.3, -0.25) is 34.3 Å². The van der Waals surface area contributed by atoms with E-state index in [9.17, 15) is 19.2 Å². The van der Waals surface area contributed by atoms with Gasteiger partial charge in [0.25, 0.3) is 0 Å². The first-order valence-corrected chi connectivity index (χ1v) is 22.8. The average Bonchev–Trinajstić information content (AvgIpc) is 3.41. The summed E-state index contributed by atoms with van der Waals surface area (Å²) in [6.07, 6.45) is 7.63. The van der Waals surface area contributed by atoms with Crippen molar-refractivity contribution in [2.75, 3.05) is 57.8 Å². The monoisotopic (exact) mass is 772 g/mol. The molecule has 0 unspecified atom stereocenters. The van der Waals surface area contributed by atoms with Crippen molar-refractivity contribution in [3.05, 3.63) is 0 Å². The molecule has 2 saturated heterocycles. The molecule has 0 aromatic heterocycles. The molecule has 0 spiro atoms. The van der Waals surface area contributed by atoms with Gasteiger partial charge in [0.2, 0.25) is 23.6 Å². The van der Waals surface area contributed by atoms with Crippen molar-refractivity contribution >= 4 is 77.1 Å². The molecule has 0 atom stereocenters. The van der Waals surface area contributed by atoms with Gasteiger partial charge >= 0.3 is 76.7 Å². The fourth-order valence-electron chi connectivity index (χ4n) is 3.10. The quantitative estimate of drug-likeness (QED) is 0.162. The van der Waals surface area contributed by atoms with Gasteiger partial charge in [-0.25, -0.2) is 0 Å². The number of imide groups is 2. The van der Waals surface area contributed by atoms with Crippen LogP contribution in [0.4, 0.5) is 0 Å². The van der Waals surface area contributed by atoms with E-state index in [-0.39, 0.29) is 34.7 Å². The third-order valence-corrected chi connectivity index (χ3v) is 5.59. The van der Waals surface area contributed by atoms with Gasteiger partial charge in [-0.15, -0.1) is 11.8 Å². The molecule has 4 amide bonds. The number of likely N-dealkylation sites (tertiary alicyclic amines) is 2. The van der Waals surface area contributed by atoms with Gasteiger partial charge in [0.05, 0.1) is 12.7 Å². The second-order valence-electron chi connectivity index (χ2n) is 10.6. The maximum absolute atomic E-state index is 11.1. The SMILES string of the molecule is CC(C)(C)N1C(=O)CCC1=O.CC(C)(C)N1C(=O)CCC1=O.CNCOCSC.CNCOC[Se]C.CSC.C[Se]C. The second-order valence-corrected chi connectivity index (χ2v) is 15.7. The number of nitrogens with one attached hydrogen (secondary N) is 2. The van der Waals surface area contributed by atoms with Gasteiger partial charge in [-0.1, -0.05) is 0 Å². The molecule has 0 aromatic rings. The van der Waals surface area contributed by atoms with Crippen molar-refractivity contribution in [3.8, 4) is 0 Å². The molecule has 42 heavy (non-hydrogen) atoms. The molecule has 0 saturated carbocycles. The maximum atomic E-state index is 11.1. The Morgan fingerprint density at radius 2 is 0.976 bits per heavy atom. The van der Waals surface area contributed by atoms with Crippen molar-refractivity contribution in [2.45, 2.75) is 95.8 Å². The Kier molecular flexibility index (Phi) is 35.8. The Hall–Kier alpha value is -0.141. The molecule has 10 nitrogen and oxygen atoms in total. The second kappa shape index (κ2) is 30.9. The number of hydrogen-bond acceptors (Lipinski definition) is 10. The number of carbonyl (C=O) groups excluding carboxylic acids is 4. The normalized spacial score (nSPS) is 14.3. The van der Waals surface area contributed by atoms with Crippen LogP contribution < -0.4 is 10.6 Å². The number of ether oxygens (including phenoxy) is 2. The third kappa shape index (κ3) is 28.6. The van der Waals surface area contributed by atoms with Gasteiger partial charge in [0, 0.05) is 36.8 Å². The zero-order valence-corrected chi connectivity index (χ0v) is 33.7. The van der Waals surface area contributed by atoms with E-state index in [4.69, 9.17) is 9.47 Å². The van der Waals surface area contributed by atoms with Crippen molar-refractivity contribution in [1.29, 1.82) is 0 Å². The predicted octanol–water partition coefficient (Wildman–Crippen LogP) is 4.02. The van der Waals surface area contributed by atoms with Crippen LogP contribution in [0.2, 0.25) is 17.5 Å². The van der Waals surface area contributed by atoms with E-state index in [1.807, 2.05) is 74.4 Å². The van der Waals surface area contributed by atoms with Crippen molar-refractivity contribution in [2.24, 2.45) is 0 Å². The van der Waals surface area contributed by atoms with Crippen LogP contribution in [-0.2, 0) is 28.7 Å². The molecule has 2 heterocycles. The molecule has 2 fully saturated rings. The summed E-state index contributed by atoms with van der Waals surface area (Å²) < 4.78 is 10.0. The van der Waals surface area contributed by atoms with E-state index in [2.05, 4.69) is 28.1 Å². The first kappa shape index (κ1) is 48.8. The van der Waals surface area contributed by atoms with E-state index >= 15 is 0 Å².